The lowest BCUT2D eigenvalue weighted by molar-refractivity contribution is -0.129. The van der Waals surface area contributed by atoms with Crippen LogP contribution in [0.2, 0.25) is 1.41 Å². The summed E-state index contributed by atoms with van der Waals surface area (Å²) in [4.78, 5) is 11.8. The Balaban J connectivity index is 3.05. The van der Waals surface area contributed by atoms with Crippen LogP contribution >= 0.6 is 0 Å². The number of carbonyl (C=O) groups excluding carboxylic acids is 1. The second-order valence-electron chi connectivity index (χ2n) is 4.20. The molecule has 1 heterocycles. The minimum absolute atomic E-state index is 0.0620. The largest absolute Gasteiger partial charge is 0.330 e. The molecule has 2 heteroatoms. The van der Waals surface area contributed by atoms with Crippen molar-refractivity contribution in [1.29, 1.82) is 0 Å². The summed E-state index contributed by atoms with van der Waals surface area (Å²) in [6, 6.07) is 0. The van der Waals surface area contributed by atoms with Gasteiger partial charge in [-0.2, -0.15) is 0 Å². The van der Waals surface area contributed by atoms with E-state index in [9.17, 15) is 4.79 Å². The van der Waals surface area contributed by atoms with Crippen molar-refractivity contribution >= 4 is 5.91 Å². The predicted molar refractivity (Wildman–Crippen MR) is 49.5 cm³/mol. The molecule has 1 aliphatic rings. The molecule has 12 heavy (non-hydrogen) atoms. The van der Waals surface area contributed by atoms with Crippen LogP contribution in [0.15, 0.2) is 12.3 Å². The lowest BCUT2D eigenvalue weighted by atomic mass is 9.76. The van der Waals surface area contributed by atoms with Gasteiger partial charge in [-0.1, -0.05) is 27.4 Å². The zero-order valence-electron chi connectivity index (χ0n) is 10.8. The van der Waals surface area contributed by atoms with Gasteiger partial charge in [0.1, 0.15) is 0 Å². The first-order valence-electron chi connectivity index (χ1n) is 5.54. The Kier molecular flexibility index (Phi) is 1.41. The molecule has 0 bridgehead atoms. The van der Waals surface area contributed by atoms with Gasteiger partial charge in [-0.3, -0.25) is 4.79 Å². The van der Waals surface area contributed by atoms with Crippen LogP contribution in [0.4, 0.5) is 0 Å². The van der Waals surface area contributed by atoms with Gasteiger partial charge in [-0.15, -0.1) is 0 Å². The summed E-state index contributed by atoms with van der Waals surface area (Å²) >= 11 is 0. The fourth-order valence-corrected chi connectivity index (χ4v) is 1.23. The number of rotatable bonds is 0. The fourth-order valence-electron chi connectivity index (χ4n) is 1.23. The van der Waals surface area contributed by atoms with E-state index in [0.29, 0.717) is 5.31 Å². The Morgan fingerprint density at radius 1 is 1.75 bits per heavy atom. The third kappa shape index (κ3) is 1.87. The SMILES string of the molecule is [2H]N1C(=C)C([2H])([2H])CC(C(C)(C)C)C1=O. The highest BCUT2D eigenvalue weighted by Gasteiger charge is 2.33. The molecule has 0 aromatic carbocycles. The average molecular weight is 170 g/mol. The second kappa shape index (κ2) is 2.92. The molecule has 1 saturated heterocycles. The topological polar surface area (TPSA) is 29.1 Å². The molecule has 1 atom stereocenters. The molecule has 0 aromatic heterocycles. The summed E-state index contributed by atoms with van der Waals surface area (Å²) in [7, 11) is 0. The molecule has 1 aliphatic heterocycles. The Morgan fingerprint density at radius 2 is 2.33 bits per heavy atom. The van der Waals surface area contributed by atoms with Gasteiger partial charge in [-0.25, -0.2) is 0 Å². The van der Waals surface area contributed by atoms with Crippen LogP contribution in [-0.4, -0.2) is 5.91 Å². The van der Waals surface area contributed by atoms with Gasteiger partial charge >= 0.3 is 0 Å². The standard InChI is InChI=1S/C10H17NO/c1-7-5-6-8(9(12)11-7)10(2,3)4/h8H,1,5-6H2,2-4H3,(H,11,12)/i5D2/hD. The van der Waals surface area contributed by atoms with E-state index >= 15 is 0 Å². The van der Waals surface area contributed by atoms with Crippen molar-refractivity contribution in [2.75, 3.05) is 0 Å². The molecule has 0 saturated carbocycles. The van der Waals surface area contributed by atoms with Crippen LogP contribution in [0, 0.1) is 11.3 Å². The Bertz CT molecular complexity index is 306. The highest BCUT2D eigenvalue weighted by molar-refractivity contribution is 5.82. The van der Waals surface area contributed by atoms with Gasteiger partial charge in [0.15, 0.2) is 1.41 Å². The molecule has 1 rings (SSSR count). The number of hydrogen-bond acceptors (Lipinski definition) is 1. The van der Waals surface area contributed by atoms with E-state index in [0.717, 1.165) is 0 Å². The van der Waals surface area contributed by atoms with E-state index in [4.69, 9.17) is 4.15 Å². The Hall–Kier alpha value is -0.790. The highest BCUT2D eigenvalue weighted by Crippen LogP contribution is 2.33. The van der Waals surface area contributed by atoms with Crippen molar-refractivity contribution < 1.29 is 8.95 Å². The molecule has 2 nitrogen and oxygen atoms in total. The molecule has 68 valence electrons. The monoisotopic (exact) mass is 170 g/mol. The number of allylic oxidation sites excluding steroid dienone is 1. The molecule has 1 N–H and O–H groups in total. The lowest BCUT2D eigenvalue weighted by Crippen LogP contribution is -2.41. The van der Waals surface area contributed by atoms with Crippen LogP contribution < -0.4 is 5.31 Å². The smallest absolute Gasteiger partial charge is 0.227 e. The van der Waals surface area contributed by atoms with Gasteiger partial charge in [0, 0.05) is 14.4 Å². The summed E-state index contributed by atoms with van der Waals surface area (Å²) in [5, 5.41) is 0.611. The number of amides is 1. The van der Waals surface area contributed by atoms with E-state index in [-0.39, 0.29) is 23.4 Å². The Morgan fingerprint density at radius 3 is 2.83 bits per heavy atom. The van der Waals surface area contributed by atoms with Crippen molar-refractivity contribution in [2.24, 2.45) is 11.3 Å². The van der Waals surface area contributed by atoms with Gasteiger partial charge in [0.05, 0.1) is 0 Å². The van der Waals surface area contributed by atoms with Gasteiger partial charge in [-0.05, 0) is 18.2 Å². The Labute approximate surface area is 78.3 Å². The molecule has 0 aromatic rings. The van der Waals surface area contributed by atoms with Gasteiger partial charge in [0.2, 0.25) is 5.91 Å². The summed E-state index contributed by atoms with van der Waals surface area (Å²) < 4.78 is 22.9. The number of carbonyl (C=O) groups is 1. The molecule has 1 amide bonds. The quantitative estimate of drug-likeness (QED) is 0.592. The number of nitrogens with one attached hydrogen (secondary N) is 1. The molecule has 0 aliphatic carbocycles. The summed E-state index contributed by atoms with van der Waals surface area (Å²) in [6.45, 7) is 9.10. The van der Waals surface area contributed by atoms with Crippen LogP contribution in [-0.2, 0) is 4.79 Å². The minimum Gasteiger partial charge on any atom is -0.330 e. The number of hydrogen-bond donors (Lipinski definition) is 1. The molecule has 1 unspecified atom stereocenters. The van der Waals surface area contributed by atoms with Crippen LogP contribution in [0.25, 0.3) is 0 Å². The van der Waals surface area contributed by atoms with Crippen LogP contribution in [0.3, 0.4) is 0 Å². The zero-order valence-corrected chi connectivity index (χ0v) is 7.85. The summed E-state index contributed by atoms with van der Waals surface area (Å²) in [5.41, 5.74) is -0.391. The van der Waals surface area contributed by atoms with E-state index in [1.54, 1.807) is 0 Å². The molecule has 0 radical (unpaired) electrons. The minimum atomic E-state index is -1.66. The molecule has 1 fully saturated rings. The van der Waals surface area contributed by atoms with E-state index < -0.39 is 12.3 Å². The van der Waals surface area contributed by atoms with Crippen LogP contribution in [0.1, 0.15) is 36.3 Å². The second-order valence-corrected chi connectivity index (χ2v) is 4.20. The van der Waals surface area contributed by atoms with Crippen LogP contribution in [0.5, 0.6) is 0 Å². The molecule has 0 spiro atoms. The molecular formula is C10H17NO. The third-order valence-electron chi connectivity index (χ3n) is 2.10. The van der Waals surface area contributed by atoms with Crippen molar-refractivity contribution in [3.63, 3.8) is 0 Å². The third-order valence-corrected chi connectivity index (χ3v) is 2.10. The van der Waals surface area contributed by atoms with Crippen molar-refractivity contribution in [3.8, 4) is 0 Å². The highest BCUT2D eigenvalue weighted by atomic mass is 16.2. The first kappa shape index (κ1) is 5.79. The maximum absolute atomic E-state index is 11.8. The van der Waals surface area contributed by atoms with Crippen molar-refractivity contribution in [1.82, 2.24) is 5.31 Å². The average Bonchev–Trinajstić information content (AvgIpc) is 2.07. The van der Waals surface area contributed by atoms with Gasteiger partial charge < -0.3 is 5.31 Å². The number of piperidine rings is 1. The maximum atomic E-state index is 11.8. The van der Waals surface area contributed by atoms with Crippen molar-refractivity contribution in [2.45, 2.75) is 33.6 Å². The lowest BCUT2D eigenvalue weighted by Gasteiger charge is -2.33. The summed E-state index contributed by atoms with van der Waals surface area (Å²) in [6.07, 6.45) is -1.54. The fraction of sp³-hybridized carbons (Fsp3) is 0.700. The normalized spacial score (nSPS) is 34.1. The zero-order chi connectivity index (χ0) is 12.0. The van der Waals surface area contributed by atoms with Gasteiger partial charge in [0.25, 0.3) is 0 Å². The predicted octanol–water partition coefficient (Wildman–Crippen LogP) is 2.07. The summed E-state index contributed by atoms with van der Waals surface area (Å²) in [5.74, 6) is -0.821. The first-order valence-corrected chi connectivity index (χ1v) is 4.09. The maximum Gasteiger partial charge on any atom is 0.227 e. The molecular weight excluding hydrogens is 150 g/mol. The van der Waals surface area contributed by atoms with E-state index in [1.165, 1.54) is 0 Å². The van der Waals surface area contributed by atoms with E-state index in [1.807, 2.05) is 20.8 Å². The van der Waals surface area contributed by atoms with E-state index in [2.05, 4.69) is 6.58 Å². The first-order chi connectivity index (χ1) is 6.57. The van der Waals surface area contributed by atoms with Crippen molar-refractivity contribution in [3.05, 3.63) is 12.3 Å².